The molecule has 5 fully saturated rings. The molecule has 1 aliphatic carbocycles. The molecular formula is C56H82O25. The van der Waals surface area contributed by atoms with E-state index >= 15 is 4.79 Å². The number of hydrogen-bond acceptors (Lipinski definition) is 25. The van der Waals surface area contributed by atoms with Crippen molar-refractivity contribution in [2.24, 2.45) is 11.8 Å². The number of rotatable bonds is 18. The number of methoxy groups -OCH3 is 2. The zero-order valence-corrected chi connectivity index (χ0v) is 47.5. The van der Waals surface area contributed by atoms with Crippen LogP contribution in [0.4, 0.5) is 0 Å². The zero-order chi connectivity index (χ0) is 59.3. The summed E-state index contributed by atoms with van der Waals surface area (Å²) in [6.45, 7) is 14.2. The molecular weight excluding hydrogens is 1070 g/mol. The van der Waals surface area contributed by atoms with Crippen LogP contribution in [0.1, 0.15) is 110 Å². The molecule has 0 aromatic heterocycles. The van der Waals surface area contributed by atoms with Crippen LogP contribution in [-0.4, -0.2) is 225 Å². The van der Waals surface area contributed by atoms with Crippen molar-refractivity contribution in [3.05, 3.63) is 29.3 Å². The standard InChI is InChI=1S/C56H82O25/c1-21(2)55(67)81-54-27(8)75-41(20-56(54,9)68)79-36-18-39(72-24(5)47(36)63)78-35-19-40(73-25(6)46(35)62)80-53-31(52(70-11)50(66)44(60)22(3)57)14-29-12-28-13-30(15-32(58)42(28)48(64)43(29)49(53)65)76-38-17-34(45(61)23(4)71-38)77-37-16-33(59)51(69-10)26(7)74-37/h12-13,15,21-27,31,33-41,44-47,51-54,57-64,68H,14,16-20H2,1-11H3. The van der Waals surface area contributed by atoms with Crippen molar-refractivity contribution in [1.82, 2.24) is 0 Å². The van der Waals surface area contributed by atoms with E-state index in [2.05, 4.69) is 0 Å². The maximum atomic E-state index is 15.0. The number of Topliss-reactive ketones (excluding diaryl/α,β-unsaturated/α-hetero) is 2. The summed E-state index contributed by atoms with van der Waals surface area (Å²) in [5.41, 5.74) is -1.63. The molecule has 8 rings (SSSR count). The fraction of sp³-hybridized carbons (Fsp3) is 0.768. The molecule has 25 heteroatoms. The SMILES string of the molecule is COC(C(=O)C(O)C(C)O)C1Cc2cc3cc(OC4CC(OC5CC(O)C(OC)C(C)O5)C(O)C(C)O4)cc(O)c3c(O)c2C(=O)C1OC1CC(OC2CC(OC3CC(C)(O)C(OC(=O)C(C)C)C(C)O3)C(O)C(C)O2)C(O)C(C)O1. The first-order valence-corrected chi connectivity index (χ1v) is 27.8. The molecule has 2 aromatic rings. The predicted molar refractivity (Wildman–Crippen MR) is 277 cm³/mol. The van der Waals surface area contributed by atoms with Gasteiger partial charge >= 0.3 is 5.97 Å². The second-order valence-corrected chi connectivity index (χ2v) is 23.1. The first-order valence-electron chi connectivity index (χ1n) is 27.8. The zero-order valence-electron chi connectivity index (χ0n) is 47.5. The lowest BCUT2D eigenvalue weighted by molar-refractivity contribution is -0.334. The molecule has 6 aliphatic rings. The molecule has 0 saturated carbocycles. The molecule has 25 atom stereocenters. The van der Waals surface area contributed by atoms with E-state index in [0.717, 1.165) is 0 Å². The van der Waals surface area contributed by atoms with Gasteiger partial charge in [-0.05, 0) is 78.0 Å². The first kappa shape index (κ1) is 63.2. The van der Waals surface area contributed by atoms with Gasteiger partial charge in [-0.15, -0.1) is 0 Å². The van der Waals surface area contributed by atoms with Crippen molar-refractivity contribution in [2.75, 3.05) is 14.2 Å². The number of esters is 1. The summed E-state index contributed by atoms with van der Waals surface area (Å²) in [6, 6.07) is 4.22. The fourth-order valence-electron chi connectivity index (χ4n) is 12.0. The number of hydrogen-bond donors (Lipinski definition) is 9. The van der Waals surface area contributed by atoms with E-state index in [1.165, 1.54) is 53.2 Å². The molecule has 5 aliphatic heterocycles. The van der Waals surface area contributed by atoms with Crippen LogP contribution in [0, 0.1) is 11.8 Å². The van der Waals surface area contributed by atoms with Gasteiger partial charge in [-0.1, -0.05) is 13.8 Å². The highest BCUT2D eigenvalue weighted by Gasteiger charge is 2.52. The fourth-order valence-corrected chi connectivity index (χ4v) is 12.0. The molecule has 25 unspecified atom stereocenters. The molecule has 9 N–H and O–H groups in total. The number of aliphatic hydroxyl groups is 7. The molecule has 5 heterocycles. The number of fused-ring (bicyclic) bond motifs is 2. The Hall–Kier alpha value is -3.81. The lowest BCUT2D eigenvalue weighted by Gasteiger charge is -2.47. The monoisotopic (exact) mass is 1150 g/mol. The van der Waals surface area contributed by atoms with E-state index in [4.69, 9.17) is 61.6 Å². The van der Waals surface area contributed by atoms with Crippen LogP contribution in [-0.2, 0) is 72.9 Å². The van der Waals surface area contributed by atoms with Gasteiger partial charge in [0.1, 0.15) is 65.6 Å². The summed E-state index contributed by atoms with van der Waals surface area (Å²) < 4.78 is 78.1. The third kappa shape index (κ3) is 13.7. The number of ketones is 2. The summed E-state index contributed by atoms with van der Waals surface area (Å²) in [7, 11) is 2.65. The molecule has 25 nitrogen and oxygen atoms in total. The van der Waals surface area contributed by atoms with Crippen LogP contribution in [0.25, 0.3) is 10.8 Å². The Morgan fingerprint density at radius 3 is 1.74 bits per heavy atom. The second-order valence-electron chi connectivity index (χ2n) is 23.1. The van der Waals surface area contributed by atoms with Crippen LogP contribution in [0.3, 0.4) is 0 Å². The third-order valence-corrected chi connectivity index (χ3v) is 16.4. The van der Waals surface area contributed by atoms with Crippen molar-refractivity contribution >= 4 is 28.3 Å². The number of ether oxygens (including phenoxy) is 13. The molecule has 0 spiro atoms. The van der Waals surface area contributed by atoms with Crippen LogP contribution in [0.15, 0.2) is 18.2 Å². The summed E-state index contributed by atoms with van der Waals surface area (Å²) in [5.74, 6) is -5.10. The van der Waals surface area contributed by atoms with Gasteiger partial charge in [-0.2, -0.15) is 0 Å². The Morgan fingerprint density at radius 1 is 0.691 bits per heavy atom. The number of phenolic OH excluding ortho intramolecular Hbond substituents is 2. The number of aromatic hydroxyl groups is 2. The quantitative estimate of drug-likeness (QED) is 0.0950. The summed E-state index contributed by atoms with van der Waals surface area (Å²) in [6.07, 6.45) is -25.7. The molecule has 0 radical (unpaired) electrons. The minimum atomic E-state index is -1.95. The summed E-state index contributed by atoms with van der Waals surface area (Å²) in [4.78, 5) is 41.4. The van der Waals surface area contributed by atoms with Gasteiger partial charge < -0.3 is 108 Å². The van der Waals surface area contributed by atoms with E-state index in [9.17, 15) is 55.5 Å². The Balaban J connectivity index is 1.01. The van der Waals surface area contributed by atoms with Gasteiger partial charge in [0.2, 0.25) is 6.29 Å². The molecule has 81 heavy (non-hydrogen) atoms. The predicted octanol–water partition coefficient (Wildman–Crippen LogP) is 1.30. The number of carbonyl (C=O) groups is 3. The Bertz CT molecular complexity index is 2500. The van der Waals surface area contributed by atoms with Gasteiger partial charge in [0.15, 0.2) is 42.8 Å². The first-order chi connectivity index (χ1) is 38.1. The van der Waals surface area contributed by atoms with E-state index < -0.39 is 188 Å². The van der Waals surface area contributed by atoms with Crippen molar-refractivity contribution in [1.29, 1.82) is 0 Å². The second kappa shape index (κ2) is 25.8. The van der Waals surface area contributed by atoms with Gasteiger partial charge in [-0.25, -0.2) is 0 Å². The van der Waals surface area contributed by atoms with E-state index in [1.54, 1.807) is 41.5 Å². The molecule has 5 saturated heterocycles. The van der Waals surface area contributed by atoms with Crippen LogP contribution in [0.5, 0.6) is 17.2 Å². The maximum Gasteiger partial charge on any atom is 0.308 e. The maximum absolute atomic E-state index is 15.0. The van der Waals surface area contributed by atoms with Crippen LogP contribution < -0.4 is 4.74 Å². The van der Waals surface area contributed by atoms with Gasteiger partial charge in [0.25, 0.3) is 0 Å². The van der Waals surface area contributed by atoms with Crippen molar-refractivity contribution in [3.8, 4) is 17.2 Å². The summed E-state index contributed by atoms with van der Waals surface area (Å²) >= 11 is 0. The Kier molecular flexibility index (Phi) is 20.1. The number of carbonyl (C=O) groups excluding carboxylic acids is 3. The number of benzene rings is 2. The average molecular weight is 1160 g/mol. The smallest absolute Gasteiger partial charge is 0.308 e. The highest BCUT2D eigenvalue weighted by Crippen LogP contribution is 2.46. The van der Waals surface area contributed by atoms with Crippen molar-refractivity contribution in [2.45, 2.75) is 248 Å². The lowest BCUT2D eigenvalue weighted by atomic mass is 9.75. The van der Waals surface area contributed by atoms with Crippen molar-refractivity contribution in [3.63, 3.8) is 0 Å². The van der Waals surface area contributed by atoms with E-state index in [0.29, 0.717) is 0 Å². The van der Waals surface area contributed by atoms with Gasteiger partial charge in [0.05, 0.1) is 77.9 Å². The van der Waals surface area contributed by atoms with Crippen LogP contribution in [0.2, 0.25) is 0 Å². The van der Waals surface area contributed by atoms with Gasteiger partial charge in [-0.3, -0.25) is 14.4 Å². The molecule has 0 bridgehead atoms. The van der Waals surface area contributed by atoms with Crippen molar-refractivity contribution < 1.29 is 122 Å². The topological polar surface area (TPSA) is 353 Å². The largest absolute Gasteiger partial charge is 0.507 e. The summed E-state index contributed by atoms with van der Waals surface area (Å²) in [5, 5.41) is 101. The highest BCUT2D eigenvalue weighted by molar-refractivity contribution is 6.11. The van der Waals surface area contributed by atoms with E-state index in [1.807, 2.05) is 0 Å². The van der Waals surface area contributed by atoms with Crippen LogP contribution >= 0.6 is 0 Å². The minimum absolute atomic E-state index is 0.00785. The van der Waals surface area contributed by atoms with Gasteiger partial charge in [0, 0.05) is 58.3 Å². The Morgan fingerprint density at radius 2 is 1.21 bits per heavy atom. The third-order valence-electron chi connectivity index (χ3n) is 16.4. The number of aliphatic hydroxyl groups excluding tert-OH is 6. The van der Waals surface area contributed by atoms with E-state index in [-0.39, 0.29) is 66.2 Å². The molecule has 456 valence electrons. The Labute approximate surface area is 469 Å². The highest BCUT2D eigenvalue weighted by atomic mass is 16.7. The lowest BCUT2D eigenvalue weighted by Crippen LogP contribution is -2.59. The minimum Gasteiger partial charge on any atom is -0.507 e. The number of phenols is 2. The average Bonchev–Trinajstić information content (AvgIpc) is 3.49. The molecule has 2 aromatic carbocycles. The molecule has 0 amide bonds. The normalized spacial score (nSPS) is 40.6.